The third-order valence-electron chi connectivity index (χ3n) is 4.48. The Labute approximate surface area is 104 Å². The number of hydrogen-bond donors (Lipinski definition) is 1. The SMILES string of the molecule is CC1CCC(CN)C(N2CCN(C)C(=O)C2)C1. The van der Waals surface area contributed by atoms with Gasteiger partial charge in [-0.2, -0.15) is 0 Å². The molecule has 17 heavy (non-hydrogen) atoms. The molecule has 2 N–H and O–H groups in total. The summed E-state index contributed by atoms with van der Waals surface area (Å²) in [7, 11) is 1.89. The summed E-state index contributed by atoms with van der Waals surface area (Å²) >= 11 is 0. The van der Waals surface area contributed by atoms with Crippen LogP contribution >= 0.6 is 0 Å². The minimum absolute atomic E-state index is 0.255. The Balaban J connectivity index is 2.01. The lowest BCUT2D eigenvalue weighted by Crippen LogP contribution is -2.56. The number of hydrogen-bond acceptors (Lipinski definition) is 3. The van der Waals surface area contributed by atoms with Crippen LogP contribution in [-0.2, 0) is 4.79 Å². The van der Waals surface area contributed by atoms with E-state index in [1.54, 1.807) is 0 Å². The first kappa shape index (κ1) is 12.8. The Morgan fingerprint density at radius 1 is 1.35 bits per heavy atom. The van der Waals surface area contributed by atoms with E-state index < -0.39 is 0 Å². The van der Waals surface area contributed by atoms with Crippen molar-refractivity contribution in [2.45, 2.75) is 32.2 Å². The Kier molecular flexibility index (Phi) is 4.05. The highest BCUT2D eigenvalue weighted by atomic mass is 16.2. The van der Waals surface area contributed by atoms with E-state index in [-0.39, 0.29) is 5.91 Å². The molecule has 0 aromatic heterocycles. The van der Waals surface area contributed by atoms with Gasteiger partial charge in [0, 0.05) is 26.2 Å². The zero-order valence-corrected chi connectivity index (χ0v) is 11.1. The molecule has 2 rings (SSSR count). The third-order valence-corrected chi connectivity index (χ3v) is 4.48. The highest BCUT2D eigenvalue weighted by Crippen LogP contribution is 2.32. The summed E-state index contributed by atoms with van der Waals surface area (Å²) in [4.78, 5) is 16.0. The number of rotatable bonds is 2. The maximum absolute atomic E-state index is 11.8. The Hall–Kier alpha value is -0.610. The van der Waals surface area contributed by atoms with E-state index in [1.807, 2.05) is 11.9 Å². The first-order valence-electron chi connectivity index (χ1n) is 6.80. The van der Waals surface area contributed by atoms with Crippen LogP contribution in [-0.4, -0.2) is 55.0 Å². The van der Waals surface area contributed by atoms with E-state index in [1.165, 1.54) is 19.3 Å². The van der Waals surface area contributed by atoms with E-state index in [9.17, 15) is 4.79 Å². The fraction of sp³-hybridized carbons (Fsp3) is 0.923. The first-order chi connectivity index (χ1) is 8.11. The number of carbonyl (C=O) groups excluding carboxylic acids is 1. The van der Waals surface area contributed by atoms with Gasteiger partial charge in [0.2, 0.25) is 5.91 Å². The lowest BCUT2D eigenvalue weighted by Gasteiger charge is -2.44. The number of nitrogens with zero attached hydrogens (tertiary/aromatic N) is 2. The largest absolute Gasteiger partial charge is 0.343 e. The smallest absolute Gasteiger partial charge is 0.236 e. The summed E-state index contributed by atoms with van der Waals surface area (Å²) in [6, 6.07) is 0.529. The lowest BCUT2D eigenvalue weighted by atomic mass is 9.78. The molecule has 98 valence electrons. The second-order valence-corrected chi connectivity index (χ2v) is 5.77. The number of carbonyl (C=O) groups is 1. The molecule has 2 fully saturated rings. The highest BCUT2D eigenvalue weighted by molar-refractivity contribution is 5.78. The Morgan fingerprint density at radius 2 is 2.12 bits per heavy atom. The average molecular weight is 239 g/mol. The molecule has 3 atom stereocenters. The van der Waals surface area contributed by atoms with Gasteiger partial charge in [0.1, 0.15) is 0 Å². The van der Waals surface area contributed by atoms with Gasteiger partial charge >= 0.3 is 0 Å². The molecule has 1 saturated carbocycles. The average Bonchev–Trinajstić information content (AvgIpc) is 2.32. The van der Waals surface area contributed by atoms with Crippen molar-refractivity contribution in [2.24, 2.45) is 17.6 Å². The van der Waals surface area contributed by atoms with Crippen LogP contribution in [0.1, 0.15) is 26.2 Å². The van der Waals surface area contributed by atoms with Gasteiger partial charge in [0.05, 0.1) is 6.54 Å². The predicted molar refractivity (Wildman–Crippen MR) is 68.6 cm³/mol. The van der Waals surface area contributed by atoms with Gasteiger partial charge in [-0.25, -0.2) is 0 Å². The summed E-state index contributed by atoms with van der Waals surface area (Å²) in [5.74, 6) is 1.62. The minimum atomic E-state index is 0.255. The monoisotopic (exact) mass is 239 g/mol. The van der Waals surface area contributed by atoms with E-state index in [2.05, 4.69) is 11.8 Å². The molecule has 0 aromatic rings. The van der Waals surface area contributed by atoms with Crippen LogP contribution in [0.5, 0.6) is 0 Å². The molecule has 0 aromatic carbocycles. The molecule has 4 heteroatoms. The van der Waals surface area contributed by atoms with Gasteiger partial charge in [-0.1, -0.05) is 13.3 Å². The molecule has 0 bridgehead atoms. The molecule has 1 saturated heterocycles. The van der Waals surface area contributed by atoms with Crippen molar-refractivity contribution in [3.05, 3.63) is 0 Å². The maximum Gasteiger partial charge on any atom is 0.236 e. The zero-order valence-electron chi connectivity index (χ0n) is 11.1. The van der Waals surface area contributed by atoms with Crippen LogP contribution in [0.2, 0.25) is 0 Å². The number of amides is 1. The summed E-state index contributed by atoms with van der Waals surface area (Å²) in [6.45, 7) is 5.54. The van der Waals surface area contributed by atoms with Gasteiger partial charge in [0.25, 0.3) is 0 Å². The van der Waals surface area contributed by atoms with Crippen molar-refractivity contribution < 1.29 is 4.79 Å². The lowest BCUT2D eigenvalue weighted by molar-refractivity contribution is -0.136. The molecule has 0 radical (unpaired) electrons. The quantitative estimate of drug-likeness (QED) is 0.764. The molecular weight excluding hydrogens is 214 g/mol. The van der Waals surface area contributed by atoms with Gasteiger partial charge < -0.3 is 10.6 Å². The van der Waals surface area contributed by atoms with E-state index in [0.29, 0.717) is 18.5 Å². The number of nitrogens with two attached hydrogens (primary N) is 1. The van der Waals surface area contributed by atoms with Crippen LogP contribution in [0.25, 0.3) is 0 Å². The summed E-state index contributed by atoms with van der Waals surface area (Å²) in [5.41, 5.74) is 5.89. The molecule has 3 unspecified atom stereocenters. The summed E-state index contributed by atoms with van der Waals surface area (Å²) in [5, 5.41) is 0. The number of likely N-dealkylation sites (N-methyl/N-ethyl adjacent to an activating group) is 1. The van der Waals surface area contributed by atoms with Gasteiger partial charge in [0.15, 0.2) is 0 Å². The van der Waals surface area contributed by atoms with Crippen LogP contribution < -0.4 is 5.73 Å². The summed E-state index contributed by atoms with van der Waals surface area (Å²) < 4.78 is 0. The van der Waals surface area contributed by atoms with Crippen molar-refractivity contribution in [3.63, 3.8) is 0 Å². The molecule has 0 spiro atoms. The van der Waals surface area contributed by atoms with E-state index in [0.717, 1.165) is 25.6 Å². The highest BCUT2D eigenvalue weighted by Gasteiger charge is 2.35. The fourth-order valence-corrected chi connectivity index (χ4v) is 3.20. The zero-order chi connectivity index (χ0) is 12.4. The van der Waals surface area contributed by atoms with Crippen LogP contribution in [0, 0.1) is 11.8 Å². The normalized spacial score (nSPS) is 36.3. The van der Waals surface area contributed by atoms with E-state index in [4.69, 9.17) is 5.73 Å². The van der Waals surface area contributed by atoms with Crippen LogP contribution in [0.15, 0.2) is 0 Å². The standard InChI is InChI=1S/C13H25N3O/c1-10-3-4-11(8-14)12(7-10)16-6-5-15(2)13(17)9-16/h10-12H,3-9,14H2,1-2H3. The third kappa shape index (κ3) is 2.80. The van der Waals surface area contributed by atoms with Crippen molar-refractivity contribution in [3.8, 4) is 0 Å². The topological polar surface area (TPSA) is 49.6 Å². The molecule has 1 aliphatic heterocycles. The predicted octanol–water partition coefficient (Wildman–Crippen LogP) is 0.524. The molecule has 2 aliphatic rings. The van der Waals surface area contributed by atoms with Crippen LogP contribution in [0.3, 0.4) is 0 Å². The van der Waals surface area contributed by atoms with Crippen molar-refractivity contribution in [2.75, 3.05) is 33.2 Å². The molecule has 1 amide bonds. The second-order valence-electron chi connectivity index (χ2n) is 5.77. The van der Waals surface area contributed by atoms with Gasteiger partial charge in [-0.05, 0) is 31.2 Å². The summed E-state index contributed by atoms with van der Waals surface area (Å²) in [6.07, 6.45) is 3.72. The van der Waals surface area contributed by atoms with Crippen molar-refractivity contribution >= 4 is 5.91 Å². The molecule has 1 aliphatic carbocycles. The van der Waals surface area contributed by atoms with E-state index >= 15 is 0 Å². The second kappa shape index (κ2) is 5.36. The molecule has 1 heterocycles. The first-order valence-corrected chi connectivity index (χ1v) is 6.80. The van der Waals surface area contributed by atoms with Crippen LogP contribution in [0.4, 0.5) is 0 Å². The fourth-order valence-electron chi connectivity index (χ4n) is 3.20. The van der Waals surface area contributed by atoms with Gasteiger partial charge in [-0.3, -0.25) is 9.69 Å². The minimum Gasteiger partial charge on any atom is -0.343 e. The van der Waals surface area contributed by atoms with Crippen molar-refractivity contribution in [1.29, 1.82) is 0 Å². The Morgan fingerprint density at radius 3 is 2.76 bits per heavy atom. The Bertz CT molecular complexity index is 282. The maximum atomic E-state index is 11.8. The molecular formula is C13H25N3O. The van der Waals surface area contributed by atoms with Gasteiger partial charge in [-0.15, -0.1) is 0 Å². The number of piperazine rings is 1. The molecule has 4 nitrogen and oxygen atoms in total. The van der Waals surface area contributed by atoms with Crippen molar-refractivity contribution in [1.82, 2.24) is 9.80 Å².